The maximum absolute atomic E-state index is 14.1. The average Bonchev–Trinajstić information content (AvgIpc) is 3.53. The zero-order valence-corrected chi connectivity index (χ0v) is 20.4. The molecule has 3 aromatic rings. The van der Waals surface area contributed by atoms with Crippen molar-refractivity contribution in [1.29, 1.82) is 0 Å². The Morgan fingerprint density at radius 2 is 1.78 bits per heavy atom. The molecule has 37 heavy (non-hydrogen) atoms. The number of hydrogen-bond acceptors (Lipinski definition) is 7. The summed E-state index contributed by atoms with van der Waals surface area (Å²) in [6.45, 7) is 3.06. The summed E-state index contributed by atoms with van der Waals surface area (Å²) >= 11 is 0. The minimum absolute atomic E-state index is 0.0766. The molecule has 3 aliphatic rings. The highest BCUT2D eigenvalue weighted by atomic mass is 19.3. The monoisotopic (exact) mass is 511 g/mol. The number of halogens is 2. The lowest BCUT2D eigenvalue weighted by Gasteiger charge is -2.34. The van der Waals surface area contributed by atoms with Gasteiger partial charge in [0.2, 0.25) is 17.7 Å². The van der Waals surface area contributed by atoms with Gasteiger partial charge in [0, 0.05) is 31.7 Å². The molecule has 3 fully saturated rings. The number of carbonyl (C=O) groups excluding carboxylic acids is 1. The van der Waals surface area contributed by atoms with Crippen molar-refractivity contribution in [2.75, 3.05) is 37.7 Å². The number of carbonyl (C=O) groups is 1. The fourth-order valence-corrected chi connectivity index (χ4v) is 5.48. The van der Waals surface area contributed by atoms with E-state index in [0.29, 0.717) is 55.0 Å². The number of likely N-dealkylation sites (tertiary alicyclic amines) is 1. The number of aromatic nitrogens is 4. The average molecular weight is 512 g/mol. The predicted molar refractivity (Wildman–Crippen MR) is 132 cm³/mol. The highest BCUT2D eigenvalue weighted by Crippen LogP contribution is 2.32. The minimum Gasteiger partial charge on any atom is -0.474 e. The van der Waals surface area contributed by atoms with Gasteiger partial charge in [-0.15, -0.1) is 0 Å². The summed E-state index contributed by atoms with van der Waals surface area (Å²) in [6.07, 6.45) is 3.01. The molecule has 11 heteroatoms. The molecule has 1 amide bonds. The van der Waals surface area contributed by atoms with E-state index in [1.54, 1.807) is 36.8 Å². The first kappa shape index (κ1) is 24.0. The molecule has 1 radical (unpaired) electrons. The third-order valence-corrected chi connectivity index (χ3v) is 7.33. The molecule has 1 saturated carbocycles. The number of amides is 1. The third kappa shape index (κ3) is 4.84. The number of morpholine rings is 1. The summed E-state index contributed by atoms with van der Waals surface area (Å²) < 4.78 is 41.3. The zero-order chi connectivity index (χ0) is 25.4. The Kier molecular flexibility index (Phi) is 6.62. The molecule has 9 nitrogen and oxygen atoms in total. The van der Waals surface area contributed by atoms with Crippen LogP contribution in [0.25, 0.3) is 16.9 Å². The Morgan fingerprint density at radius 3 is 2.51 bits per heavy atom. The van der Waals surface area contributed by atoms with E-state index in [9.17, 15) is 13.6 Å². The van der Waals surface area contributed by atoms with Crippen molar-refractivity contribution in [3.05, 3.63) is 42.6 Å². The number of anilines is 1. The summed E-state index contributed by atoms with van der Waals surface area (Å²) in [5, 5.41) is 0. The number of ether oxygens (including phenoxy) is 2. The highest BCUT2D eigenvalue weighted by molar-refractivity contribution is 5.87. The summed E-state index contributed by atoms with van der Waals surface area (Å²) in [7, 11) is 0. The number of benzene rings is 1. The van der Waals surface area contributed by atoms with Gasteiger partial charge in [-0.05, 0) is 44.2 Å². The SMILES string of the molecule is O=C1[CH]CCN1C1CCC(Oc2cc(-n3c(C(F)F)nc4ccccc43)nc(N3CCOCC3)n2)CC1. The lowest BCUT2D eigenvalue weighted by atomic mass is 9.92. The molecule has 0 unspecified atom stereocenters. The van der Waals surface area contributed by atoms with Gasteiger partial charge in [-0.3, -0.25) is 9.36 Å². The van der Waals surface area contributed by atoms with E-state index < -0.39 is 6.43 Å². The second kappa shape index (κ2) is 10.2. The number of alkyl halides is 2. The second-order valence-electron chi connectivity index (χ2n) is 9.63. The van der Waals surface area contributed by atoms with Crippen molar-refractivity contribution in [2.24, 2.45) is 0 Å². The molecule has 4 heterocycles. The topological polar surface area (TPSA) is 85.6 Å². The predicted octanol–water partition coefficient (Wildman–Crippen LogP) is 3.72. The number of rotatable bonds is 6. The van der Waals surface area contributed by atoms with Gasteiger partial charge >= 0.3 is 0 Å². The zero-order valence-electron chi connectivity index (χ0n) is 20.4. The first-order valence-electron chi connectivity index (χ1n) is 12.8. The van der Waals surface area contributed by atoms with E-state index in [2.05, 4.69) is 15.0 Å². The van der Waals surface area contributed by atoms with Crippen LogP contribution in [0.1, 0.15) is 44.4 Å². The van der Waals surface area contributed by atoms with Crippen LogP contribution < -0.4 is 9.64 Å². The van der Waals surface area contributed by atoms with E-state index in [1.165, 1.54) is 4.57 Å². The Bertz CT molecular complexity index is 1270. The van der Waals surface area contributed by atoms with E-state index in [-0.39, 0.29) is 23.9 Å². The van der Waals surface area contributed by atoms with Gasteiger partial charge in [-0.1, -0.05) is 12.1 Å². The smallest absolute Gasteiger partial charge is 0.296 e. The summed E-state index contributed by atoms with van der Waals surface area (Å²) in [6, 6.07) is 8.88. The van der Waals surface area contributed by atoms with Gasteiger partial charge in [-0.25, -0.2) is 13.8 Å². The van der Waals surface area contributed by atoms with Crippen molar-refractivity contribution in [3.8, 4) is 11.7 Å². The van der Waals surface area contributed by atoms with Gasteiger partial charge in [0.25, 0.3) is 6.43 Å². The fourth-order valence-electron chi connectivity index (χ4n) is 5.48. The summed E-state index contributed by atoms with van der Waals surface area (Å²) in [5.74, 6) is 0.815. The molecular formula is C26H29F2N6O3. The lowest BCUT2D eigenvalue weighted by molar-refractivity contribution is -0.128. The Hall–Kier alpha value is -3.34. The minimum atomic E-state index is -2.78. The fraction of sp³-hybridized carbons (Fsp3) is 0.500. The number of para-hydroxylation sites is 2. The first-order chi connectivity index (χ1) is 18.1. The molecule has 0 N–H and O–H groups in total. The summed E-state index contributed by atoms with van der Waals surface area (Å²) in [4.78, 5) is 29.6. The largest absolute Gasteiger partial charge is 0.474 e. The quantitative estimate of drug-likeness (QED) is 0.499. The molecule has 6 rings (SSSR count). The van der Waals surface area contributed by atoms with Crippen molar-refractivity contribution in [3.63, 3.8) is 0 Å². The van der Waals surface area contributed by atoms with Gasteiger partial charge in [-0.2, -0.15) is 9.97 Å². The highest BCUT2D eigenvalue weighted by Gasteiger charge is 2.32. The van der Waals surface area contributed by atoms with Crippen LogP contribution in [0, 0.1) is 6.42 Å². The van der Waals surface area contributed by atoms with Crippen LogP contribution >= 0.6 is 0 Å². The maximum Gasteiger partial charge on any atom is 0.296 e. The van der Waals surface area contributed by atoms with Crippen molar-refractivity contribution >= 4 is 22.9 Å². The molecular weight excluding hydrogens is 482 g/mol. The van der Waals surface area contributed by atoms with Gasteiger partial charge in [0.15, 0.2) is 5.82 Å². The number of imidazole rings is 1. The van der Waals surface area contributed by atoms with E-state index in [0.717, 1.165) is 38.6 Å². The molecule has 1 aromatic carbocycles. The van der Waals surface area contributed by atoms with Crippen LogP contribution in [-0.4, -0.2) is 75.3 Å². The Labute approximate surface area is 213 Å². The van der Waals surface area contributed by atoms with Crippen LogP contribution in [0.2, 0.25) is 0 Å². The molecule has 2 aromatic heterocycles. The van der Waals surface area contributed by atoms with Crippen LogP contribution in [-0.2, 0) is 9.53 Å². The molecule has 2 aliphatic heterocycles. The van der Waals surface area contributed by atoms with Crippen LogP contribution in [0.5, 0.6) is 5.88 Å². The molecule has 195 valence electrons. The van der Waals surface area contributed by atoms with E-state index in [4.69, 9.17) is 9.47 Å². The molecule has 0 bridgehead atoms. The molecule has 2 saturated heterocycles. The first-order valence-corrected chi connectivity index (χ1v) is 12.8. The van der Waals surface area contributed by atoms with Crippen molar-refractivity contribution in [1.82, 2.24) is 24.4 Å². The van der Waals surface area contributed by atoms with Gasteiger partial charge in [0.1, 0.15) is 11.9 Å². The summed E-state index contributed by atoms with van der Waals surface area (Å²) in [5.41, 5.74) is 1.02. The van der Waals surface area contributed by atoms with Crippen LogP contribution in [0.15, 0.2) is 30.3 Å². The maximum atomic E-state index is 14.1. The Morgan fingerprint density at radius 1 is 1.00 bits per heavy atom. The van der Waals surface area contributed by atoms with Crippen molar-refractivity contribution < 1.29 is 23.0 Å². The van der Waals surface area contributed by atoms with Gasteiger partial charge < -0.3 is 19.3 Å². The van der Waals surface area contributed by atoms with Crippen LogP contribution in [0.4, 0.5) is 14.7 Å². The second-order valence-corrected chi connectivity index (χ2v) is 9.63. The molecule has 0 spiro atoms. The standard InChI is InChI=1S/C26H29F2N6O3/c27-24(28)25-29-19-4-1-2-5-20(19)34(25)21-16-22(31-26(30-21)32-12-14-36-15-13-32)37-18-9-7-17(8-10-18)33-11-3-6-23(33)35/h1-2,4-6,16-18,24H,3,7-15H2. The van der Waals surface area contributed by atoms with E-state index >= 15 is 0 Å². The van der Waals surface area contributed by atoms with Crippen LogP contribution in [0.3, 0.4) is 0 Å². The van der Waals surface area contributed by atoms with Gasteiger partial charge in [0.05, 0.1) is 30.7 Å². The normalized spacial score (nSPS) is 22.8. The number of fused-ring (bicyclic) bond motifs is 1. The Balaban J connectivity index is 1.31. The third-order valence-electron chi connectivity index (χ3n) is 7.33. The van der Waals surface area contributed by atoms with E-state index in [1.807, 2.05) is 9.80 Å². The molecule has 1 aliphatic carbocycles. The van der Waals surface area contributed by atoms with Crippen molar-refractivity contribution in [2.45, 2.75) is 50.7 Å². The lowest BCUT2D eigenvalue weighted by Crippen LogP contribution is -2.41. The molecule has 0 atom stereocenters. The number of nitrogens with zero attached hydrogens (tertiary/aromatic N) is 6. The number of hydrogen-bond donors (Lipinski definition) is 0.